The summed E-state index contributed by atoms with van der Waals surface area (Å²) >= 11 is 0. The van der Waals surface area contributed by atoms with E-state index in [2.05, 4.69) is 22.0 Å². The van der Waals surface area contributed by atoms with Crippen LogP contribution in [0.15, 0.2) is 33.7 Å². The van der Waals surface area contributed by atoms with Crippen LogP contribution in [-0.4, -0.2) is 39.6 Å². The van der Waals surface area contributed by atoms with Gasteiger partial charge in [-0.05, 0) is 57.1 Å². The first-order chi connectivity index (χ1) is 9.78. The Bertz CT molecular complexity index is 335. The summed E-state index contributed by atoms with van der Waals surface area (Å²) < 4.78 is 12.4. The van der Waals surface area contributed by atoms with E-state index >= 15 is 0 Å². The number of nitrogens with zero attached hydrogens (tertiary/aromatic N) is 2. The van der Waals surface area contributed by atoms with Gasteiger partial charge in [0.05, 0.1) is 6.33 Å². The van der Waals surface area contributed by atoms with Crippen molar-refractivity contribution in [1.82, 2.24) is 5.32 Å². The van der Waals surface area contributed by atoms with Crippen LogP contribution in [0, 0.1) is 0 Å². The molecule has 5 heteroatoms. The second kappa shape index (κ2) is 14.1. The molecule has 0 aliphatic heterocycles. The molecular weight excluding hydrogens is 255 g/mol. The van der Waals surface area contributed by atoms with E-state index < -0.39 is 0 Å². The zero-order chi connectivity index (χ0) is 15.1. The van der Waals surface area contributed by atoms with Crippen molar-refractivity contribution in [3.05, 3.63) is 23.7 Å². The second-order valence-electron chi connectivity index (χ2n) is 4.56. The van der Waals surface area contributed by atoms with Crippen molar-refractivity contribution in [2.75, 3.05) is 26.7 Å². The molecule has 0 aromatic carbocycles. The van der Waals surface area contributed by atoms with Crippen LogP contribution in [0.1, 0.15) is 32.1 Å². The van der Waals surface area contributed by atoms with Crippen LogP contribution < -0.4 is 11.1 Å². The predicted octanol–water partition coefficient (Wildman–Crippen LogP) is 2.62. The monoisotopic (exact) mass is 282 g/mol. The molecule has 0 saturated carbocycles. The predicted molar refractivity (Wildman–Crippen MR) is 86.2 cm³/mol. The first-order valence-corrected chi connectivity index (χ1v) is 7.06. The molecule has 0 spiro atoms. The van der Waals surface area contributed by atoms with Gasteiger partial charge < -0.3 is 11.1 Å². The normalized spacial score (nSPS) is 13.2. The summed E-state index contributed by atoms with van der Waals surface area (Å²) in [5, 5.41) is 3.12. The highest BCUT2D eigenvalue weighted by Gasteiger charge is 1.98. The summed E-state index contributed by atoms with van der Waals surface area (Å²) in [6.07, 6.45) is 8.72. The minimum Gasteiger partial charge on any atom is -0.327 e. The molecule has 0 bridgehead atoms. The molecule has 0 unspecified atom stereocenters. The van der Waals surface area contributed by atoms with Gasteiger partial charge in [-0.3, -0.25) is 9.98 Å². The van der Waals surface area contributed by atoms with Crippen LogP contribution in [0.2, 0.25) is 0 Å². The van der Waals surface area contributed by atoms with Crippen LogP contribution in [0.5, 0.6) is 0 Å². The van der Waals surface area contributed by atoms with Crippen LogP contribution >= 0.6 is 0 Å². The molecule has 0 aromatic heterocycles. The third-order valence-electron chi connectivity index (χ3n) is 2.88. The van der Waals surface area contributed by atoms with E-state index in [-0.39, 0.29) is 6.54 Å². The molecule has 0 atom stereocenters. The summed E-state index contributed by atoms with van der Waals surface area (Å²) in [6, 6.07) is 0. The van der Waals surface area contributed by atoms with Gasteiger partial charge in [0.25, 0.3) is 0 Å². The molecule has 0 aliphatic rings. The highest BCUT2D eigenvalue weighted by Crippen LogP contribution is 2.10. The molecule has 0 radical (unpaired) electrons. The molecule has 0 saturated heterocycles. The number of unbranched alkanes of at least 4 members (excludes halogenated alkanes) is 2. The number of hydrogen-bond donors (Lipinski definition) is 2. The highest BCUT2D eigenvalue weighted by molar-refractivity contribution is 5.78. The summed E-state index contributed by atoms with van der Waals surface area (Å²) in [5.74, 6) is 0. The first-order valence-electron chi connectivity index (χ1n) is 7.06. The Kier molecular flexibility index (Phi) is 13.2. The Morgan fingerprint density at radius 3 is 2.70 bits per heavy atom. The molecule has 0 rings (SSSR count). The lowest BCUT2D eigenvalue weighted by molar-refractivity contribution is 0.649. The molecule has 3 N–H and O–H groups in total. The fourth-order valence-electron chi connectivity index (χ4n) is 1.65. The van der Waals surface area contributed by atoms with Crippen molar-refractivity contribution in [2.45, 2.75) is 32.1 Å². The number of aliphatic imine (C=N–C) groups is 2. The third kappa shape index (κ3) is 10.6. The Morgan fingerprint density at radius 1 is 1.30 bits per heavy atom. The molecule has 0 heterocycles. The molecule has 20 heavy (non-hydrogen) atoms. The van der Waals surface area contributed by atoms with Crippen molar-refractivity contribution in [3.8, 4) is 0 Å². The van der Waals surface area contributed by atoms with E-state index in [1.54, 1.807) is 12.4 Å². The van der Waals surface area contributed by atoms with Crippen molar-refractivity contribution in [1.29, 1.82) is 0 Å². The Morgan fingerprint density at radius 2 is 2.10 bits per heavy atom. The lowest BCUT2D eigenvalue weighted by atomic mass is 10.1. The number of halogens is 1. The maximum Gasteiger partial charge on any atom is 0.0871 e. The minimum absolute atomic E-state index is 0.244. The van der Waals surface area contributed by atoms with Gasteiger partial charge in [-0.15, -0.1) is 0 Å². The van der Waals surface area contributed by atoms with Gasteiger partial charge in [0.2, 0.25) is 0 Å². The van der Waals surface area contributed by atoms with Crippen LogP contribution in [0.3, 0.4) is 0 Å². The van der Waals surface area contributed by atoms with Gasteiger partial charge in [0, 0.05) is 25.5 Å². The summed E-state index contributed by atoms with van der Waals surface area (Å²) in [6.45, 7) is 5.54. The molecule has 0 fully saturated rings. The van der Waals surface area contributed by atoms with Crippen LogP contribution in [0.25, 0.3) is 0 Å². The Balaban J connectivity index is 4.02. The number of hydrogen-bond acceptors (Lipinski definition) is 4. The Hall–Kier alpha value is -1.33. The lowest BCUT2D eigenvalue weighted by Crippen LogP contribution is -2.07. The summed E-state index contributed by atoms with van der Waals surface area (Å²) in [4.78, 5) is 8.12. The SMILES string of the molecule is C=N/C=C(\C=NCCCCCNC)CC/C(=C/F)CN. The highest BCUT2D eigenvalue weighted by atomic mass is 19.1. The standard InChI is InChI=1S/C15H27FN4/c1-18-8-4-3-5-9-20-13-15(12-19-2)7-6-14(10-16)11-17/h10,12-13,18H,2-9,11,17H2,1H3/b14-10-,15-12-,20-13?. The largest absolute Gasteiger partial charge is 0.327 e. The molecule has 0 amide bonds. The van der Waals surface area contributed by atoms with E-state index in [1.165, 1.54) is 12.8 Å². The van der Waals surface area contributed by atoms with Crippen LogP contribution in [-0.2, 0) is 0 Å². The van der Waals surface area contributed by atoms with Gasteiger partial charge in [-0.1, -0.05) is 6.42 Å². The van der Waals surface area contributed by atoms with Crippen molar-refractivity contribution in [3.63, 3.8) is 0 Å². The Labute approximate surface area is 121 Å². The zero-order valence-corrected chi connectivity index (χ0v) is 12.4. The van der Waals surface area contributed by atoms with Crippen molar-refractivity contribution < 1.29 is 4.39 Å². The van der Waals surface area contributed by atoms with Gasteiger partial charge in [0.15, 0.2) is 0 Å². The number of nitrogens with two attached hydrogens (primary N) is 1. The van der Waals surface area contributed by atoms with Gasteiger partial charge in [-0.25, -0.2) is 4.39 Å². The molecule has 114 valence electrons. The fraction of sp³-hybridized carbons (Fsp3) is 0.600. The average Bonchev–Trinajstić information content (AvgIpc) is 2.47. The third-order valence-corrected chi connectivity index (χ3v) is 2.88. The van der Waals surface area contributed by atoms with Gasteiger partial charge in [0.1, 0.15) is 0 Å². The summed E-state index contributed by atoms with van der Waals surface area (Å²) in [5.41, 5.74) is 6.97. The quantitative estimate of drug-likeness (QED) is 0.427. The first kappa shape index (κ1) is 18.7. The molecular formula is C15H27FN4. The lowest BCUT2D eigenvalue weighted by Gasteiger charge is -2.03. The maximum atomic E-state index is 12.4. The van der Waals surface area contributed by atoms with Crippen LogP contribution in [0.4, 0.5) is 4.39 Å². The smallest absolute Gasteiger partial charge is 0.0871 e. The average molecular weight is 282 g/mol. The van der Waals surface area contributed by atoms with E-state index in [9.17, 15) is 4.39 Å². The molecule has 0 aliphatic carbocycles. The number of rotatable bonds is 12. The van der Waals surface area contributed by atoms with E-state index in [4.69, 9.17) is 5.73 Å². The van der Waals surface area contributed by atoms with Crippen molar-refractivity contribution >= 4 is 12.9 Å². The second-order valence-corrected chi connectivity index (χ2v) is 4.56. The number of nitrogens with one attached hydrogen (secondary N) is 1. The summed E-state index contributed by atoms with van der Waals surface area (Å²) in [7, 11) is 1.96. The van der Waals surface area contributed by atoms with E-state index in [0.717, 1.165) is 25.1 Å². The van der Waals surface area contributed by atoms with Gasteiger partial charge in [-0.2, -0.15) is 0 Å². The molecule has 4 nitrogen and oxygen atoms in total. The maximum absolute atomic E-state index is 12.4. The number of allylic oxidation sites excluding steroid dienone is 1. The minimum atomic E-state index is 0.244. The topological polar surface area (TPSA) is 62.8 Å². The van der Waals surface area contributed by atoms with E-state index in [0.29, 0.717) is 24.7 Å². The fourth-order valence-corrected chi connectivity index (χ4v) is 1.65. The van der Waals surface area contributed by atoms with Gasteiger partial charge >= 0.3 is 0 Å². The van der Waals surface area contributed by atoms with E-state index in [1.807, 2.05) is 7.05 Å². The zero-order valence-electron chi connectivity index (χ0n) is 12.4. The molecule has 0 aromatic rings. The van der Waals surface area contributed by atoms with Crippen molar-refractivity contribution in [2.24, 2.45) is 15.7 Å².